The van der Waals surface area contributed by atoms with E-state index in [-0.39, 0.29) is 17.1 Å². The predicted octanol–water partition coefficient (Wildman–Crippen LogP) is 4.54. The normalized spacial score (nSPS) is 20.9. The molecule has 1 heterocycles. The fraction of sp³-hybridized carbons (Fsp3) is 0.700. The van der Waals surface area contributed by atoms with Crippen LogP contribution in [0.3, 0.4) is 0 Å². The Morgan fingerprint density at radius 3 is 2.44 bits per heavy atom. The molecule has 0 bridgehead atoms. The Kier molecular flexibility index (Phi) is 7.28. The second-order valence-electron chi connectivity index (χ2n) is 8.85. The molecule has 1 aliphatic rings. The third-order valence-electron chi connectivity index (χ3n) is 5.75. The maximum absolute atomic E-state index is 11.0. The number of rotatable bonds is 8. The molecule has 2 N–H and O–H groups in total. The van der Waals surface area contributed by atoms with Crippen LogP contribution in [0.2, 0.25) is 18.1 Å². The van der Waals surface area contributed by atoms with Crippen molar-refractivity contribution in [1.82, 2.24) is 4.98 Å². The first-order chi connectivity index (χ1) is 12.6. The van der Waals surface area contributed by atoms with Crippen molar-refractivity contribution in [1.29, 1.82) is 0 Å². The maximum Gasteiger partial charge on any atom is 0.306 e. The lowest BCUT2D eigenvalue weighted by Crippen LogP contribution is -2.41. The van der Waals surface area contributed by atoms with Gasteiger partial charge in [-0.3, -0.25) is 4.79 Å². The third-order valence-corrected chi connectivity index (χ3v) is 10.3. The molecule has 0 amide bonds. The lowest BCUT2D eigenvalue weighted by molar-refractivity contribution is -0.143. The number of hydrogen-bond donors (Lipinski definition) is 2. The lowest BCUT2D eigenvalue weighted by Gasteiger charge is -2.36. The van der Waals surface area contributed by atoms with Crippen molar-refractivity contribution in [3.05, 3.63) is 18.3 Å². The van der Waals surface area contributed by atoms with Crippen molar-refractivity contribution in [3.63, 3.8) is 0 Å². The Morgan fingerprint density at radius 2 is 1.93 bits per heavy atom. The molecular formula is C20H34N2O4Si. The number of pyridine rings is 1. The number of hydrogen-bond acceptors (Lipinski definition) is 5. The van der Waals surface area contributed by atoms with Crippen LogP contribution in [0.25, 0.3) is 0 Å². The Bertz CT molecular complexity index is 605. The van der Waals surface area contributed by atoms with E-state index in [1.54, 1.807) is 6.20 Å². The number of nitrogens with one attached hydrogen (secondary N) is 1. The van der Waals surface area contributed by atoms with E-state index >= 15 is 0 Å². The first-order valence-electron chi connectivity index (χ1n) is 9.82. The summed E-state index contributed by atoms with van der Waals surface area (Å²) in [5, 5.41) is 12.6. The van der Waals surface area contributed by atoms with Gasteiger partial charge in [-0.25, -0.2) is 4.98 Å². The van der Waals surface area contributed by atoms with E-state index in [0.29, 0.717) is 25.3 Å². The van der Waals surface area contributed by atoms with Gasteiger partial charge >= 0.3 is 5.97 Å². The van der Waals surface area contributed by atoms with E-state index < -0.39 is 14.3 Å². The van der Waals surface area contributed by atoms with E-state index in [2.05, 4.69) is 44.2 Å². The van der Waals surface area contributed by atoms with Crippen LogP contribution in [0.15, 0.2) is 18.3 Å². The molecule has 0 atom stereocenters. The van der Waals surface area contributed by atoms with Gasteiger partial charge in [-0.15, -0.1) is 0 Å². The summed E-state index contributed by atoms with van der Waals surface area (Å²) < 4.78 is 12.1. The van der Waals surface area contributed by atoms with E-state index in [1.807, 2.05) is 12.1 Å². The van der Waals surface area contributed by atoms with Gasteiger partial charge in [0.05, 0.1) is 24.4 Å². The molecule has 0 aliphatic heterocycles. The van der Waals surface area contributed by atoms with Gasteiger partial charge in [-0.05, 0) is 49.9 Å². The van der Waals surface area contributed by atoms with E-state index in [4.69, 9.17) is 14.3 Å². The molecule has 1 fully saturated rings. The number of aliphatic carboxylic acids is 1. The summed E-state index contributed by atoms with van der Waals surface area (Å²) in [4.78, 5) is 15.4. The summed E-state index contributed by atoms with van der Waals surface area (Å²) in [5.41, 5.74) is 0.941. The number of anilines is 1. The van der Waals surface area contributed by atoms with Gasteiger partial charge in [0, 0.05) is 12.6 Å². The zero-order valence-corrected chi connectivity index (χ0v) is 18.2. The summed E-state index contributed by atoms with van der Waals surface area (Å²) in [6, 6.07) is 3.82. The van der Waals surface area contributed by atoms with Crippen LogP contribution in [0.1, 0.15) is 46.5 Å². The average Bonchev–Trinajstić information content (AvgIpc) is 2.59. The highest BCUT2D eigenvalue weighted by Gasteiger charge is 2.36. The molecular weight excluding hydrogens is 360 g/mol. The fourth-order valence-corrected chi connectivity index (χ4v) is 3.92. The fourth-order valence-electron chi connectivity index (χ4n) is 2.87. The summed E-state index contributed by atoms with van der Waals surface area (Å²) in [5.74, 6) is -0.325. The van der Waals surface area contributed by atoms with Crippen LogP contribution in [0, 0.1) is 5.92 Å². The quantitative estimate of drug-likeness (QED) is 0.498. The molecule has 0 radical (unpaired) electrons. The molecule has 1 saturated carbocycles. The number of nitrogens with zero attached hydrogens (tertiary/aromatic N) is 1. The minimum absolute atomic E-state index is 0.0601. The van der Waals surface area contributed by atoms with Crippen molar-refractivity contribution in [2.24, 2.45) is 5.92 Å². The number of ether oxygens (including phenoxy) is 1. The zero-order valence-electron chi connectivity index (χ0n) is 17.2. The molecule has 0 aromatic carbocycles. The highest BCUT2D eigenvalue weighted by atomic mass is 28.4. The second kappa shape index (κ2) is 9.06. The molecule has 0 unspecified atom stereocenters. The molecule has 152 valence electrons. The number of carboxylic acid groups (broad SMARTS) is 1. The highest BCUT2D eigenvalue weighted by Crippen LogP contribution is 2.36. The minimum Gasteiger partial charge on any atom is -0.481 e. The van der Waals surface area contributed by atoms with Crippen LogP contribution in [0.5, 0.6) is 5.88 Å². The Hall–Kier alpha value is -1.60. The van der Waals surface area contributed by atoms with Crippen molar-refractivity contribution in [2.45, 2.75) is 70.7 Å². The van der Waals surface area contributed by atoms with E-state index in [9.17, 15) is 4.79 Å². The lowest BCUT2D eigenvalue weighted by atomic mass is 9.87. The molecule has 6 nitrogen and oxygen atoms in total. The highest BCUT2D eigenvalue weighted by molar-refractivity contribution is 6.74. The molecule has 27 heavy (non-hydrogen) atoms. The molecule has 7 heteroatoms. The largest absolute Gasteiger partial charge is 0.481 e. The van der Waals surface area contributed by atoms with E-state index in [0.717, 1.165) is 25.1 Å². The second-order valence-corrected chi connectivity index (χ2v) is 13.7. The van der Waals surface area contributed by atoms with Crippen LogP contribution < -0.4 is 10.1 Å². The first kappa shape index (κ1) is 21.7. The molecule has 1 aliphatic carbocycles. The van der Waals surface area contributed by atoms with E-state index in [1.165, 1.54) is 0 Å². The summed E-state index contributed by atoms with van der Waals surface area (Å²) in [6.07, 6.45) is 4.71. The zero-order chi connectivity index (χ0) is 20.1. The molecule has 1 aromatic rings. The molecule has 2 rings (SSSR count). The molecule has 1 aromatic heterocycles. The summed E-state index contributed by atoms with van der Waals surface area (Å²) in [7, 11) is -1.70. The van der Waals surface area contributed by atoms with Crippen molar-refractivity contribution >= 4 is 20.0 Å². The Morgan fingerprint density at radius 1 is 1.26 bits per heavy atom. The third kappa shape index (κ3) is 6.50. The van der Waals surface area contributed by atoms with Gasteiger partial charge in [0.1, 0.15) is 6.10 Å². The first-order valence-corrected chi connectivity index (χ1v) is 12.7. The van der Waals surface area contributed by atoms with Crippen LogP contribution in [-0.2, 0) is 9.22 Å². The van der Waals surface area contributed by atoms with Gasteiger partial charge < -0.3 is 19.6 Å². The van der Waals surface area contributed by atoms with Crippen LogP contribution in [-0.4, -0.2) is 43.6 Å². The monoisotopic (exact) mass is 394 g/mol. The number of carbonyl (C=O) groups is 1. The van der Waals surface area contributed by atoms with Crippen molar-refractivity contribution < 1.29 is 19.1 Å². The van der Waals surface area contributed by atoms with Crippen LogP contribution >= 0.6 is 0 Å². The predicted molar refractivity (Wildman–Crippen MR) is 110 cm³/mol. The SMILES string of the molecule is CC(C)(C)[Si](C)(C)OCCNc1ccc(OC2CCC(C(=O)O)CC2)nc1. The Balaban J connectivity index is 1.72. The summed E-state index contributed by atoms with van der Waals surface area (Å²) in [6.45, 7) is 12.7. The summed E-state index contributed by atoms with van der Waals surface area (Å²) >= 11 is 0. The van der Waals surface area contributed by atoms with Gasteiger partial charge in [0.15, 0.2) is 8.32 Å². The maximum atomic E-state index is 11.0. The Labute approximate surface area is 163 Å². The van der Waals surface area contributed by atoms with Crippen molar-refractivity contribution in [2.75, 3.05) is 18.5 Å². The van der Waals surface area contributed by atoms with Gasteiger partial charge in [-0.2, -0.15) is 0 Å². The van der Waals surface area contributed by atoms with Crippen molar-refractivity contribution in [3.8, 4) is 5.88 Å². The number of carboxylic acids is 1. The van der Waals surface area contributed by atoms with Crippen LogP contribution in [0.4, 0.5) is 5.69 Å². The average molecular weight is 395 g/mol. The van der Waals surface area contributed by atoms with Gasteiger partial charge in [0.2, 0.25) is 5.88 Å². The molecule has 0 saturated heterocycles. The minimum atomic E-state index is -1.70. The van der Waals surface area contributed by atoms with Gasteiger partial charge in [-0.1, -0.05) is 20.8 Å². The smallest absolute Gasteiger partial charge is 0.306 e. The topological polar surface area (TPSA) is 80.7 Å². The van der Waals surface area contributed by atoms with Gasteiger partial charge in [0.25, 0.3) is 0 Å². The number of aromatic nitrogens is 1. The molecule has 0 spiro atoms. The standard InChI is InChI=1S/C20H34N2O4Si/c1-20(2,3)27(4,5)25-13-12-21-16-8-11-18(22-14-16)26-17-9-6-15(7-10-17)19(23)24/h8,11,14-15,17,21H,6-7,9-10,12-13H2,1-5H3,(H,23,24).